The average molecular weight is 420 g/mol. The van der Waals surface area contributed by atoms with Crippen LogP contribution in [0.4, 0.5) is 0 Å². The van der Waals surface area contributed by atoms with Crippen molar-refractivity contribution in [3.8, 4) is 5.75 Å². The number of esters is 1. The Bertz CT molecular complexity index is 990. The lowest BCUT2D eigenvalue weighted by atomic mass is 10.2. The first-order valence-electron chi connectivity index (χ1n) is 9.35. The van der Waals surface area contributed by atoms with Crippen molar-refractivity contribution in [2.45, 2.75) is 37.7 Å². The molecule has 0 atom stereocenters. The van der Waals surface area contributed by atoms with Gasteiger partial charge in [-0.05, 0) is 43.5 Å². The van der Waals surface area contributed by atoms with E-state index in [0.29, 0.717) is 30.1 Å². The molecule has 1 aromatic carbocycles. The molecule has 2 aromatic rings. The van der Waals surface area contributed by atoms with Crippen LogP contribution in [0, 0.1) is 6.92 Å². The predicted molar refractivity (Wildman–Crippen MR) is 106 cm³/mol. The van der Waals surface area contributed by atoms with Crippen molar-refractivity contribution in [2.75, 3.05) is 20.2 Å². The molecule has 1 aliphatic heterocycles. The lowest BCUT2D eigenvalue weighted by molar-refractivity contribution is -0.139. The quantitative estimate of drug-likeness (QED) is 0.502. The highest BCUT2D eigenvalue weighted by Crippen LogP contribution is 2.30. The van der Waals surface area contributed by atoms with Crippen LogP contribution in [-0.4, -0.2) is 44.0 Å². The Kier molecular flexibility index (Phi) is 6.71. The first-order valence-corrected chi connectivity index (χ1v) is 10.8. The third-order valence-corrected chi connectivity index (χ3v) is 6.49. The van der Waals surface area contributed by atoms with Crippen molar-refractivity contribution >= 4 is 22.1 Å². The van der Waals surface area contributed by atoms with Gasteiger partial charge in [-0.25, -0.2) is 13.2 Å². The van der Waals surface area contributed by atoms with Crippen molar-refractivity contribution in [3.63, 3.8) is 0 Å². The zero-order valence-corrected chi connectivity index (χ0v) is 17.3. The number of hydrogen-bond acceptors (Lipinski definition) is 7. The largest absolute Gasteiger partial charge is 0.495 e. The van der Waals surface area contributed by atoms with Gasteiger partial charge in [0.1, 0.15) is 28.7 Å². The summed E-state index contributed by atoms with van der Waals surface area (Å²) in [4.78, 5) is 12.0. The van der Waals surface area contributed by atoms with E-state index in [2.05, 4.69) is 5.16 Å². The van der Waals surface area contributed by atoms with E-state index in [1.807, 2.05) is 0 Å². The lowest BCUT2D eigenvalue weighted by Gasteiger charge is -2.26. The number of aromatic nitrogens is 1. The third kappa shape index (κ3) is 5.24. The van der Waals surface area contributed by atoms with Crippen LogP contribution >= 0.6 is 0 Å². The van der Waals surface area contributed by atoms with E-state index < -0.39 is 16.0 Å². The number of benzene rings is 1. The Hall–Kier alpha value is -2.65. The Morgan fingerprint density at radius 2 is 2.00 bits per heavy atom. The van der Waals surface area contributed by atoms with Crippen molar-refractivity contribution in [3.05, 3.63) is 47.4 Å². The fraction of sp³-hybridized carbons (Fsp3) is 0.400. The molecule has 0 amide bonds. The monoisotopic (exact) mass is 420 g/mol. The summed E-state index contributed by atoms with van der Waals surface area (Å²) in [5.74, 6) is 0.339. The minimum absolute atomic E-state index is 0.00227. The predicted octanol–water partition coefficient (Wildman–Crippen LogP) is 2.92. The first kappa shape index (κ1) is 21.1. The van der Waals surface area contributed by atoms with E-state index >= 15 is 0 Å². The fourth-order valence-corrected chi connectivity index (χ4v) is 4.79. The van der Waals surface area contributed by atoms with Crippen LogP contribution in [0.2, 0.25) is 0 Å². The highest BCUT2D eigenvalue weighted by molar-refractivity contribution is 7.89. The number of ether oxygens (including phenoxy) is 2. The Labute approximate surface area is 170 Å². The number of methoxy groups -OCH3 is 1. The maximum atomic E-state index is 13.0. The summed E-state index contributed by atoms with van der Waals surface area (Å²) in [5.41, 5.74) is 1.07. The van der Waals surface area contributed by atoms with E-state index in [1.54, 1.807) is 25.1 Å². The number of aryl methyl sites for hydroxylation is 1. The van der Waals surface area contributed by atoms with Crippen LogP contribution in [0.25, 0.3) is 6.08 Å². The van der Waals surface area contributed by atoms with Gasteiger partial charge in [-0.2, -0.15) is 4.31 Å². The molecule has 1 saturated heterocycles. The minimum atomic E-state index is -3.67. The van der Waals surface area contributed by atoms with Gasteiger partial charge < -0.3 is 14.0 Å². The summed E-state index contributed by atoms with van der Waals surface area (Å²) in [6.07, 6.45) is 5.47. The van der Waals surface area contributed by atoms with Crippen molar-refractivity contribution < 1.29 is 27.2 Å². The fourth-order valence-electron chi connectivity index (χ4n) is 3.09. The van der Waals surface area contributed by atoms with Gasteiger partial charge in [0.05, 0.1) is 7.11 Å². The van der Waals surface area contributed by atoms with Gasteiger partial charge in [0.25, 0.3) is 0 Å². The number of nitrogens with zero attached hydrogens (tertiary/aromatic N) is 2. The minimum Gasteiger partial charge on any atom is -0.495 e. The summed E-state index contributed by atoms with van der Waals surface area (Å²) in [7, 11) is -2.24. The summed E-state index contributed by atoms with van der Waals surface area (Å²) in [6.45, 7) is 2.74. The van der Waals surface area contributed by atoms with Crippen molar-refractivity contribution in [2.24, 2.45) is 0 Å². The van der Waals surface area contributed by atoms with Crippen LogP contribution in [0.3, 0.4) is 0 Å². The number of hydrogen-bond donors (Lipinski definition) is 0. The van der Waals surface area contributed by atoms with Crippen LogP contribution in [0.1, 0.15) is 36.3 Å². The van der Waals surface area contributed by atoms with Gasteiger partial charge >= 0.3 is 5.97 Å². The second-order valence-electron chi connectivity index (χ2n) is 6.74. The maximum absolute atomic E-state index is 13.0. The van der Waals surface area contributed by atoms with E-state index in [1.165, 1.54) is 29.6 Å². The van der Waals surface area contributed by atoms with Crippen LogP contribution < -0.4 is 4.74 Å². The van der Waals surface area contributed by atoms with E-state index in [0.717, 1.165) is 19.3 Å². The highest BCUT2D eigenvalue weighted by Gasteiger charge is 2.29. The van der Waals surface area contributed by atoms with E-state index in [9.17, 15) is 13.2 Å². The standard InChI is InChI=1S/C20H24N2O6S/c1-15-12-17(21-28-15)14-27-20(23)9-7-16-6-8-18(26-2)19(13-16)29(24,25)22-10-4-3-5-11-22/h6-9,12-13H,3-5,10-11,14H2,1-2H3/b9-7+. The molecule has 9 heteroatoms. The number of carbonyl (C=O) groups is 1. The SMILES string of the molecule is COc1ccc(/C=C/C(=O)OCc2cc(C)on2)cc1S(=O)(=O)N1CCCCC1. The van der Waals surface area contributed by atoms with Crippen molar-refractivity contribution in [1.82, 2.24) is 9.46 Å². The molecule has 1 aliphatic rings. The molecule has 0 radical (unpaired) electrons. The lowest BCUT2D eigenvalue weighted by Crippen LogP contribution is -2.35. The Balaban J connectivity index is 1.73. The van der Waals surface area contributed by atoms with Gasteiger partial charge in [0.2, 0.25) is 10.0 Å². The molecule has 1 aromatic heterocycles. The molecule has 0 spiro atoms. The second kappa shape index (κ2) is 9.23. The van der Waals surface area contributed by atoms with E-state index in [4.69, 9.17) is 14.0 Å². The van der Waals surface area contributed by atoms with Gasteiger partial charge in [0, 0.05) is 25.2 Å². The number of rotatable bonds is 7. The summed E-state index contributed by atoms with van der Waals surface area (Å²) in [5, 5.41) is 3.75. The average Bonchev–Trinajstić information content (AvgIpc) is 3.16. The Morgan fingerprint density at radius 1 is 1.24 bits per heavy atom. The first-order chi connectivity index (χ1) is 13.9. The summed E-state index contributed by atoms with van der Waals surface area (Å²) < 4.78 is 42.8. The molecule has 1 fully saturated rings. The van der Waals surface area contributed by atoms with Crippen LogP contribution in [-0.2, 0) is 26.2 Å². The number of sulfonamides is 1. The smallest absolute Gasteiger partial charge is 0.331 e. The zero-order valence-electron chi connectivity index (χ0n) is 16.5. The summed E-state index contributed by atoms with van der Waals surface area (Å²) in [6, 6.07) is 6.45. The van der Waals surface area contributed by atoms with E-state index in [-0.39, 0.29) is 17.3 Å². The molecular formula is C20H24N2O6S. The van der Waals surface area contributed by atoms with Crippen LogP contribution in [0.15, 0.2) is 39.8 Å². The molecule has 0 bridgehead atoms. The normalized spacial score (nSPS) is 15.5. The molecule has 0 unspecified atom stereocenters. The topological polar surface area (TPSA) is 98.9 Å². The molecule has 0 aliphatic carbocycles. The molecule has 0 saturated carbocycles. The number of carbonyl (C=O) groups excluding carboxylic acids is 1. The molecule has 2 heterocycles. The second-order valence-corrected chi connectivity index (χ2v) is 8.65. The van der Waals surface area contributed by atoms with Gasteiger partial charge in [0.15, 0.2) is 0 Å². The molecule has 3 rings (SSSR count). The third-order valence-electron chi connectivity index (χ3n) is 4.57. The van der Waals surface area contributed by atoms with Gasteiger partial charge in [-0.15, -0.1) is 0 Å². The zero-order chi connectivity index (χ0) is 20.9. The van der Waals surface area contributed by atoms with Crippen LogP contribution in [0.5, 0.6) is 5.75 Å². The molecule has 29 heavy (non-hydrogen) atoms. The molecule has 156 valence electrons. The molecule has 0 N–H and O–H groups in total. The number of piperidine rings is 1. The van der Waals surface area contributed by atoms with Crippen molar-refractivity contribution in [1.29, 1.82) is 0 Å². The van der Waals surface area contributed by atoms with Gasteiger partial charge in [-0.1, -0.05) is 17.6 Å². The summed E-state index contributed by atoms with van der Waals surface area (Å²) >= 11 is 0. The molecule has 8 nitrogen and oxygen atoms in total. The van der Waals surface area contributed by atoms with Gasteiger partial charge in [-0.3, -0.25) is 0 Å². The Morgan fingerprint density at radius 3 is 2.66 bits per heavy atom. The molecular weight excluding hydrogens is 396 g/mol. The highest BCUT2D eigenvalue weighted by atomic mass is 32.2. The maximum Gasteiger partial charge on any atom is 0.331 e.